The highest BCUT2D eigenvalue weighted by molar-refractivity contribution is 6.03. The van der Waals surface area contributed by atoms with E-state index in [0.29, 0.717) is 64.1 Å². The summed E-state index contributed by atoms with van der Waals surface area (Å²) in [6.07, 6.45) is 9.14. The van der Waals surface area contributed by atoms with Crippen LogP contribution in [0.15, 0.2) is 101 Å². The van der Waals surface area contributed by atoms with Crippen molar-refractivity contribution in [2.75, 3.05) is 26.9 Å². The number of carbonyl (C=O) groups is 1. The first-order valence-corrected chi connectivity index (χ1v) is 16.3. The number of hydrogen-bond donors (Lipinski definition) is 0. The van der Waals surface area contributed by atoms with Crippen molar-refractivity contribution in [1.82, 2.24) is 14.5 Å². The van der Waals surface area contributed by atoms with E-state index < -0.39 is 0 Å². The largest absolute Gasteiger partial charge is 0.494 e. The van der Waals surface area contributed by atoms with Gasteiger partial charge in [-0.05, 0) is 79.8 Å². The Morgan fingerprint density at radius 1 is 0.854 bits per heavy atom. The van der Waals surface area contributed by atoms with Gasteiger partial charge in [-0.3, -0.25) is 19.1 Å². The first-order chi connectivity index (χ1) is 23.6. The van der Waals surface area contributed by atoms with Crippen LogP contribution in [0.4, 0.5) is 5.69 Å². The number of amides is 1. The van der Waals surface area contributed by atoms with Gasteiger partial charge >= 0.3 is 0 Å². The van der Waals surface area contributed by atoms with Crippen LogP contribution >= 0.6 is 0 Å². The Morgan fingerprint density at radius 3 is 2.44 bits per heavy atom. The van der Waals surface area contributed by atoms with Crippen molar-refractivity contribution >= 4 is 40.9 Å². The van der Waals surface area contributed by atoms with E-state index >= 15 is 0 Å². The lowest BCUT2D eigenvalue weighted by Gasteiger charge is -2.20. The maximum Gasteiger partial charge on any atom is 0.266 e. The second-order valence-corrected chi connectivity index (χ2v) is 11.8. The molecule has 7 rings (SSSR count). The van der Waals surface area contributed by atoms with Gasteiger partial charge in [-0.1, -0.05) is 48.5 Å². The van der Waals surface area contributed by atoms with Crippen LogP contribution < -0.4 is 19.8 Å². The third-order valence-electron chi connectivity index (χ3n) is 8.64. The van der Waals surface area contributed by atoms with Crippen LogP contribution in [0.5, 0.6) is 17.2 Å². The topological polar surface area (TPSA) is 95.2 Å². The van der Waals surface area contributed by atoms with Crippen molar-refractivity contribution in [3.05, 3.63) is 118 Å². The third-order valence-corrected chi connectivity index (χ3v) is 8.64. The number of rotatable bonds is 11. The summed E-state index contributed by atoms with van der Waals surface area (Å²) in [7, 11) is 1.58. The fourth-order valence-corrected chi connectivity index (χ4v) is 6.13. The minimum absolute atomic E-state index is 0.0126. The number of benzene rings is 4. The highest BCUT2D eigenvalue weighted by atomic mass is 16.5. The summed E-state index contributed by atoms with van der Waals surface area (Å²) in [5.41, 5.74) is 3.39. The second kappa shape index (κ2) is 14.0. The summed E-state index contributed by atoms with van der Waals surface area (Å²) < 4.78 is 19.3. The standard InChI is InChI=1S/C39H36N4O5/c1-46-35-24-32-34(40-26-29-12-9-21-42(29)38(32)44)25-36(35)48-23-8-7-22-47-30-18-16-28(17-19-30)43-37(20-15-27-10-3-2-4-11-27)41-33-14-6-5-13-31(33)39(43)45/h2-6,10-11,13-20,24-26,29H,7-9,12,21-23H2,1H3/b20-15+/t29-/m0/s1. The van der Waals surface area contributed by atoms with Crippen molar-refractivity contribution in [2.45, 2.75) is 31.7 Å². The van der Waals surface area contributed by atoms with Gasteiger partial charge in [-0.25, -0.2) is 4.98 Å². The molecule has 1 aromatic heterocycles. The molecule has 1 atom stereocenters. The Labute approximate surface area is 278 Å². The van der Waals surface area contributed by atoms with Crippen molar-refractivity contribution < 1.29 is 19.0 Å². The molecule has 3 heterocycles. The van der Waals surface area contributed by atoms with Gasteiger partial charge in [0.2, 0.25) is 0 Å². The molecule has 2 aliphatic rings. The number of unbranched alkanes of at least 4 members (excludes halogenated alkanes) is 1. The Balaban J connectivity index is 0.977. The molecule has 4 aromatic carbocycles. The highest BCUT2D eigenvalue weighted by Gasteiger charge is 2.32. The molecule has 48 heavy (non-hydrogen) atoms. The van der Waals surface area contributed by atoms with Crippen LogP contribution in [0.1, 0.15) is 47.4 Å². The summed E-state index contributed by atoms with van der Waals surface area (Å²) in [6.45, 7) is 1.71. The lowest BCUT2D eigenvalue weighted by atomic mass is 10.1. The van der Waals surface area contributed by atoms with E-state index in [1.54, 1.807) is 29.9 Å². The summed E-state index contributed by atoms with van der Waals surface area (Å²) in [4.78, 5) is 38.0. The summed E-state index contributed by atoms with van der Waals surface area (Å²) in [5, 5.41) is 0.557. The van der Waals surface area contributed by atoms with Crippen LogP contribution in [0.3, 0.4) is 0 Å². The third kappa shape index (κ3) is 6.44. The zero-order valence-electron chi connectivity index (χ0n) is 26.7. The van der Waals surface area contributed by atoms with E-state index in [1.165, 1.54) is 0 Å². The number of para-hydroxylation sites is 1. The van der Waals surface area contributed by atoms with Gasteiger partial charge in [0, 0.05) is 18.8 Å². The number of fused-ring (bicyclic) bond motifs is 3. The summed E-state index contributed by atoms with van der Waals surface area (Å²) >= 11 is 0. The fraction of sp³-hybridized carbons (Fsp3) is 0.231. The van der Waals surface area contributed by atoms with Crippen LogP contribution in [0.2, 0.25) is 0 Å². The predicted molar refractivity (Wildman–Crippen MR) is 188 cm³/mol. The molecule has 1 saturated heterocycles. The zero-order chi connectivity index (χ0) is 32.9. The van der Waals surface area contributed by atoms with E-state index in [4.69, 9.17) is 19.2 Å². The first-order valence-electron chi connectivity index (χ1n) is 16.3. The van der Waals surface area contributed by atoms with E-state index in [9.17, 15) is 9.59 Å². The average Bonchev–Trinajstić information content (AvgIpc) is 3.56. The van der Waals surface area contributed by atoms with Crippen molar-refractivity contribution in [3.8, 4) is 22.9 Å². The number of aromatic nitrogens is 2. The van der Waals surface area contributed by atoms with Crippen molar-refractivity contribution in [3.63, 3.8) is 0 Å². The highest BCUT2D eigenvalue weighted by Crippen LogP contribution is 2.38. The maximum absolute atomic E-state index is 13.6. The molecule has 1 amide bonds. The summed E-state index contributed by atoms with van der Waals surface area (Å²) in [5.74, 6) is 2.32. The van der Waals surface area contributed by atoms with Crippen molar-refractivity contribution in [2.24, 2.45) is 4.99 Å². The first kappa shape index (κ1) is 30.9. The van der Waals surface area contributed by atoms with Gasteiger partial charge in [0.25, 0.3) is 11.5 Å². The van der Waals surface area contributed by atoms with Crippen LogP contribution in [-0.2, 0) is 0 Å². The lowest BCUT2D eigenvalue weighted by Crippen LogP contribution is -2.35. The minimum atomic E-state index is -0.133. The van der Waals surface area contributed by atoms with Gasteiger partial charge in [0.15, 0.2) is 11.5 Å². The molecule has 5 aromatic rings. The monoisotopic (exact) mass is 640 g/mol. The van der Waals surface area contributed by atoms with Gasteiger partial charge in [0.1, 0.15) is 11.6 Å². The molecular weight excluding hydrogens is 604 g/mol. The van der Waals surface area contributed by atoms with Crippen LogP contribution in [0.25, 0.3) is 28.7 Å². The Morgan fingerprint density at radius 2 is 1.62 bits per heavy atom. The molecule has 0 N–H and O–H groups in total. The van der Waals surface area contributed by atoms with Crippen LogP contribution in [-0.4, -0.2) is 59.5 Å². The maximum atomic E-state index is 13.6. The molecule has 242 valence electrons. The molecule has 0 unspecified atom stereocenters. The van der Waals surface area contributed by atoms with E-state index in [0.717, 1.165) is 37.8 Å². The summed E-state index contributed by atoms with van der Waals surface area (Å²) in [6, 6.07) is 28.4. The van der Waals surface area contributed by atoms with Gasteiger partial charge in [0.05, 0.1) is 54.2 Å². The second-order valence-electron chi connectivity index (χ2n) is 11.8. The lowest BCUT2D eigenvalue weighted by molar-refractivity contribution is 0.0774. The number of methoxy groups -OCH3 is 1. The molecule has 0 spiro atoms. The zero-order valence-corrected chi connectivity index (χ0v) is 26.7. The smallest absolute Gasteiger partial charge is 0.266 e. The number of aliphatic imine (C=N–C) groups is 1. The number of hydrogen-bond acceptors (Lipinski definition) is 7. The number of ether oxygens (including phenoxy) is 3. The normalized spacial score (nSPS) is 15.4. The van der Waals surface area contributed by atoms with Gasteiger partial charge in [-0.15, -0.1) is 0 Å². The average molecular weight is 641 g/mol. The minimum Gasteiger partial charge on any atom is -0.494 e. The van der Waals surface area contributed by atoms with Gasteiger partial charge in [-0.2, -0.15) is 0 Å². The molecule has 1 fully saturated rings. The van der Waals surface area contributed by atoms with E-state index in [-0.39, 0.29) is 17.5 Å². The fourth-order valence-electron chi connectivity index (χ4n) is 6.13. The molecule has 0 bridgehead atoms. The predicted octanol–water partition coefficient (Wildman–Crippen LogP) is 7.12. The van der Waals surface area contributed by atoms with Crippen molar-refractivity contribution in [1.29, 1.82) is 0 Å². The van der Waals surface area contributed by atoms with E-state index in [1.807, 2.05) is 96.1 Å². The molecule has 2 aliphatic heterocycles. The molecule has 9 nitrogen and oxygen atoms in total. The SMILES string of the molecule is COc1cc2c(cc1OCCCCOc1ccc(-n3c(/C=C/c4ccccc4)nc4ccccc4c3=O)cc1)N=C[C@@H]1CCCN1C2=O. The quantitative estimate of drug-likeness (QED) is 0.143. The molecule has 0 radical (unpaired) electrons. The van der Waals surface area contributed by atoms with E-state index in [2.05, 4.69) is 4.99 Å². The molecule has 9 heteroatoms. The van der Waals surface area contributed by atoms with Crippen LogP contribution in [0, 0.1) is 0 Å². The Hall–Kier alpha value is -5.70. The number of nitrogens with zero attached hydrogens (tertiary/aromatic N) is 4. The number of carbonyl (C=O) groups excluding carboxylic acids is 1. The van der Waals surface area contributed by atoms with Gasteiger partial charge < -0.3 is 19.1 Å². The molecular formula is C39H36N4O5. The Kier molecular flexibility index (Phi) is 9.00. The Bertz CT molecular complexity index is 2050. The molecule has 0 saturated carbocycles. The molecule has 0 aliphatic carbocycles.